The molecular formula is C16H15ClF6O3S2. The van der Waals surface area contributed by atoms with E-state index in [2.05, 4.69) is 3.63 Å². The highest BCUT2D eigenvalue weighted by Crippen LogP contribution is 2.80. The van der Waals surface area contributed by atoms with Gasteiger partial charge in [-0.15, -0.1) is 0 Å². The van der Waals surface area contributed by atoms with Gasteiger partial charge in [0.2, 0.25) is 0 Å². The first-order valence-corrected chi connectivity index (χ1v) is 11.6. The minimum atomic E-state index is -6.52. The van der Waals surface area contributed by atoms with Crippen LogP contribution in [0.3, 0.4) is 0 Å². The summed E-state index contributed by atoms with van der Waals surface area (Å²) in [7, 11) is -11.5. The number of hydrogen-bond acceptors (Lipinski definition) is 3. The van der Waals surface area contributed by atoms with Gasteiger partial charge in [0, 0.05) is 25.1 Å². The maximum Gasteiger partial charge on any atom is 0.523 e. The van der Waals surface area contributed by atoms with E-state index in [4.69, 9.17) is 11.6 Å². The lowest BCUT2D eigenvalue weighted by Crippen LogP contribution is -2.33. The van der Waals surface area contributed by atoms with Gasteiger partial charge >= 0.3 is 21.1 Å². The van der Waals surface area contributed by atoms with Crippen LogP contribution in [0.4, 0.5) is 26.3 Å². The van der Waals surface area contributed by atoms with Gasteiger partial charge in [0.05, 0.1) is 0 Å². The molecule has 0 aromatic heterocycles. The molecule has 1 aromatic carbocycles. The zero-order valence-corrected chi connectivity index (χ0v) is 16.5. The van der Waals surface area contributed by atoms with Crippen LogP contribution in [0.15, 0.2) is 28.0 Å². The fraction of sp³-hybridized carbons (Fsp3) is 0.500. The predicted molar refractivity (Wildman–Crippen MR) is 94.0 cm³/mol. The minimum Gasteiger partial charge on any atom is -0.196 e. The fourth-order valence-electron chi connectivity index (χ4n) is 3.53. The third-order valence-corrected chi connectivity index (χ3v) is 9.80. The second-order valence-corrected chi connectivity index (χ2v) is 11.4. The summed E-state index contributed by atoms with van der Waals surface area (Å²) in [6, 6.07) is 3.36. The highest BCUT2D eigenvalue weighted by molar-refractivity contribution is 8.37. The van der Waals surface area contributed by atoms with Gasteiger partial charge in [-0.2, -0.15) is 38.4 Å². The monoisotopic (exact) mass is 468 g/mol. The van der Waals surface area contributed by atoms with Crippen LogP contribution in [-0.2, 0) is 13.7 Å². The van der Waals surface area contributed by atoms with Crippen LogP contribution in [0.2, 0.25) is 5.02 Å². The Morgan fingerprint density at radius 1 is 1.04 bits per heavy atom. The summed E-state index contributed by atoms with van der Waals surface area (Å²) in [6.07, 6.45) is 3.73. The normalized spacial score (nSPS) is 26.5. The number of hydrogen-bond donors (Lipinski definition) is 0. The van der Waals surface area contributed by atoms with Crippen molar-refractivity contribution >= 4 is 38.1 Å². The van der Waals surface area contributed by atoms with Crippen LogP contribution in [0.25, 0.3) is 6.08 Å². The Morgan fingerprint density at radius 2 is 1.64 bits per heavy atom. The van der Waals surface area contributed by atoms with Gasteiger partial charge in [-0.3, -0.25) is 0 Å². The molecular weight excluding hydrogens is 454 g/mol. The summed E-state index contributed by atoms with van der Waals surface area (Å²) in [5.41, 5.74) is -11.4. The van der Waals surface area contributed by atoms with Gasteiger partial charge < -0.3 is 0 Å². The van der Waals surface area contributed by atoms with E-state index in [-0.39, 0.29) is 10.6 Å². The van der Waals surface area contributed by atoms with Gasteiger partial charge in [-0.1, -0.05) is 36.9 Å². The number of halogens is 7. The second-order valence-electron chi connectivity index (χ2n) is 6.53. The van der Waals surface area contributed by atoms with Crippen LogP contribution in [-0.4, -0.2) is 19.4 Å². The van der Waals surface area contributed by atoms with Crippen LogP contribution in [0, 0.1) is 5.92 Å². The van der Waals surface area contributed by atoms with Gasteiger partial charge in [0.25, 0.3) is 0 Å². The van der Waals surface area contributed by atoms with Crippen molar-refractivity contribution in [1.82, 2.24) is 0 Å². The highest BCUT2D eigenvalue weighted by Gasteiger charge is 2.65. The standard InChI is InChI=1S/C16H15ClF6O3S2/c17-12-7-6-11-8-13(10-4-2-1-3-5-10)27(14(11)9-12,15(18,19)20)26-28(24,25)16(21,22)23/h6-10H,1-5H2. The average molecular weight is 469 g/mol. The summed E-state index contributed by atoms with van der Waals surface area (Å²) in [4.78, 5) is -1.11. The van der Waals surface area contributed by atoms with Crippen molar-refractivity contribution in [3.05, 3.63) is 33.7 Å². The van der Waals surface area contributed by atoms with E-state index in [0.717, 1.165) is 18.6 Å². The van der Waals surface area contributed by atoms with Crippen molar-refractivity contribution in [2.24, 2.45) is 5.92 Å². The molecule has 158 valence electrons. The largest absolute Gasteiger partial charge is 0.523 e. The molecule has 28 heavy (non-hydrogen) atoms. The maximum atomic E-state index is 14.3. The average Bonchev–Trinajstić information content (AvgIpc) is 2.89. The second kappa shape index (κ2) is 7.10. The first-order chi connectivity index (χ1) is 12.8. The van der Waals surface area contributed by atoms with Crippen LogP contribution >= 0.6 is 21.9 Å². The molecule has 0 amide bonds. The Labute approximate surface area is 164 Å². The number of allylic oxidation sites excluding steroid dienone is 1. The van der Waals surface area contributed by atoms with Gasteiger partial charge in [0.1, 0.15) is 0 Å². The highest BCUT2D eigenvalue weighted by atomic mass is 35.5. The molecule has 12 heteroatoms. The Kier molecular flexibility index (Phi) is 5.53. The van der Waals surface area contributed by atoms with Gasteiger partial charge in [0.15, 0.2) is 0 Å². The Balaban J connectivity index is 2.27. The first-order valence-electron chi connectivity index (χ1n) is 8.23. The molecule has 0 N–H and O–H groups in total. The van der Waals surface area contributed by atoms with E-state index < -0.39 is 47.2 Å². The molecule has 1 heterocycles. The summed E-state index contributed by atoms with van der Waals surface area (Å²) >= 11 is 5.79. The topological polar surface area (TPSA) is 43.4 Å². The predicted octanol–water partition coefficient (Wildman–Crippen LogP) is 6.74. The van der Waals surface area contributed by atoms with Gasteiger partial charge in [-0.05, 0) is 42.5 Å². The van der Waals surface area contributed by atoms with Crippen LogP contribution in [0.5, 0.6) is 0 Å². The summed E-state index contributed by atoms with van der Waals surface area (Å²) in [5, 5.41) is -0.161. The quantitative estimate of drug-likeness (QED) is 0.364. The molecule has 0 radical (unpaired) electrons. The van der Waals surface area contributed by atoms with E-state index in [0.29, 0.717) is 25.7 Å². The molecule has 1 atom stereocenters. The van der Waals surface area contributed by atoms with E-state index >= 15 is 0 Å². The van der Waals surface area contributed by atoms with Crippen molar-refractivity contribution in [1.29, 1.82) is 0 Å². The van der Waals surface area contributed by atoms with Crippen molar-refractivity contribution in [3.63, 3.8) is 0 Å². The molecule has 1 fully saturated rings. The lowest BCUT2D eigenvalue weighted by atomic mass is 9.88. The third kappa shape index (κ3) is 3.54. The Hall–Kier alpha value is -0.910. The van der Waals surface area contributed by atoms with Crippen LogP contribution in [0.1, 0.15) is 37.7 Å². The van der Waals surface area contributed by atoms with E-state index in [1.165, 1.54) is 12.1 Å². The van der Waals surface area contributed by atoms with E-state index in [1.807, 2.05) is 0 Å². The number of alkyl halides is 6. The molecule has 1 aliphatic heterocycles. The number of rotatable bonds is 3. The van der Waals surface area contributed by atoms with Crippen molar-refractivity contribution in [3.8, 4) is 0 Å². The number of fused-ring (bicyclic) bond motifs is 1. The Bertz CT molecular complexity index is 904. The molecule has 1 unspecified atom stereocenters. The van der Waals surface area contributed by atoms with Crippen molar-refractivity contribution in [2.75, 3.05) is 0 Å². The molecule has 0 saturated heterocycles. The molecule has 2 aliphatic rings. The smallest absolute Gasteiger partial charge is 0.196 e. The number of benzene rings is 1. The van der Waals surface area contributed by atoms with Gasteiger partial charge in [-0.25, -0.2) is 0 Å². The molecule has 0 bridgehead atoms. The molecule has 0 spiro atoms. The molecule has 1 aliphatic carbocycles. The maximum absolute atomic E-state index is 14.3. The molecule has 3 rings (SSSR count). The van der Waals surface area contributed by atoms with Crippen LogP contribution < -0.4 is 0 Å². The molecule has 3 nitrogen and oxygen atoms in total. The summed E-state index contributed by atoms with van der Waals surface area (Å²) in [6.45, 7) is 0. The van der Waals surface area contributed by atoms with Crippen molar-refractivity contribution < 1.29 is 38.4 Å². The SMILES string of the molecule is O=S(=O)(OS1(C(F)(F)F)C(C2CCCCC2)=Cc2ccc(Cl)cc21)C(F)(F)F. The Morgan fingerprint density at radius 3 is 2.18 bits per heavy atom. The minimum absolute atomic E-state index is 0.0327. The third-order valence-electron chi connectivity index (χ3n) is 4.72. The lowest BCUT2D eigenvalue weighted by molar-refractivity contribution is -0.0547. The zero-order chi connectivity index (χ0) is 21.0. The van der Waals surface area contributed by atoms with Crippen molar-refractivity contribution in [2.45, 2.75) is 48.0 Å². The first kappa shape index (κ1) is 21.8. The lowest BCUT2D eigenvalue weighted by Gasteiger charge is -2.42. The summed E-state index contributed by atoms with van der Waals surface area (Å²) in [5.74, 6) is -0.722. The van der Waals surface area contributed by atoms with E-state index in [9.17, 15) is 34.8 Å². The molecule has 1 saturated carbocycles. The molecule has 1 aromatic rings. The summed E-state index contributed by atoms with van der Waals surface area (Å²) < 4.78 is 109. The fourth-order valence-corrected chi connectivity index (χ4v) is 8.58. The van der Waals surface area contributed by atoms with E-state index in [1.54, 1.807) is 0 Å². The zero-order valence-electron chi connectivity index (χ0n) is 14.1.